The third-order valence-corrected chi connectivity index (χ3v) is 11.6. The second-order valence-electron chi connectivity index (χ2n) is 13.7. The number of hydrogen-bond acceptors (Lipinski definition) is 9. The van der Waals surface area contributed by atoms with E-state index >= 15 is 0 Å². The molecule has 272 valence electrons. The lowest BCUT2D eigenvalue weighted by Gasteiger charge is -2.29. The average molecular weight is 741 g/mol. The van der Waals surface area contributed by atoms with Crippen LogP contribution in [0.15, 0.2) is 82.3 Å². The number of nitrogens with zero attached hydrogens (tertiary/aromatic N) is 3. The van der Waals surface area contributed by atoms with Gasteiger partial charge in [-0.3, -0.25) is 18.7 Å². The summed E-state index contributed by atoms with van der Waals surface area (Å²) >= 11 is 0. The Kier molecular flexibility index (Phi) is 10.3. The molecule has 0 aromatic heterocycles. The summed E-state index contributed by atoms with van der Waals surface area (Å²) in [6.07, 6.45) is 11.8. The summed E-state index contributed by atoms with van der Waals surface area (Å²) in [7, 11) is -5.04. The largest absolute Gasteiger partial charge is 0.347 e. The van der Waals surface area contributed by atoms with Crippen LogP contribution in [-0.4, -0.2) is 73.2 Å². The van der Waals surface area contributed by atoms with Crippen molar-refractivity contribution in [1.82, 2.24) is 5.06 Å². The van der Waals surface area contributed by atoms with E-state index in [1.54, 1.807) is 12.1 Å². The highest BCUT2D eigenvalue weighted by Crippen LogP contribution is 2.50. The molecule has 51 heavy (non-hydrogen) atoms. The number of allylic oxidation sites excluding steroid dienone is 6. The van der Waals surface area contributed by atoms with Gasteiger partial charge in [0.2, 0.25) is 5.69 Å². The van der Waals surface area contributed by atoms with Gasteiger partial charge in [0.05, 0.1) is 15.2 Å². The quantitative estimate of drug-likeness (QED) is 0.0967. The van der Waals surface area contributed by atoms with E-state index in [4.69, 9.17) is 4.84 Å². The number of hydrogen-bond donors (Lipinski definition) is 2. The van der Waals surface area contributed by atoms with E-state index in [1.807, 2.05) is 74.7 Å². The summed E-state index contributed by atoms with van der Waals surface area (Å²) in [5.41, 5.74) is 3.70. The number of unbranched alkanes of at least 4 members (excludes halogenated alkanes) is 2. The fourth-order valence-corrected chi connectivity index (χ4v) is 8.18. The maximum atomic E-state index is 12.3. The highest BCUT2D eigenvalue weighted by molar-refractivity contribution is 7.86. The zero-order valence-corrected chi connectivity index (χ0v) is 30.8. The lowest BCUT2D eigenvalue weighted by Crippen LogP contribution is -2.31. The van der Waals surface area contributed by atoms with E-state index in [0.29, 0.717) is 30.7 Å². The Balaban J connectivity index is 1.33. The van der Waals surface area contributed by atoms with Gasteiger partial charge in [-0.1, -0.05) is 31.1 Å². The molecule has 2 N–H and O–H groups in total. The van der Waals surface area contributed by atoms with Gasteiger partial charge in [0, 0.05) is 60.8 Å². The molecule has 3 aliphatic heterocycles. The first-order valence-electron chi connectivity index (χ1n) is 16.5. The minimum atomic E-state index is -4.46. The van der Waals surface area contributed by atoms with Crippen molar-refractivity contribution >= 4 is 55.1 Å². The number of anilines is 1. The van der Waals surface area contributed by atoms with Crippen LogP contribution in [0.25, 0.3) is 0 Å². The molecular formula is C36H42N3O10S2+. The van der Waals surface area contributed by atoms with Crippen LogP contribution in [0.5, 0.6) is 0 Å². The van der Waals surface area contributed by atoms with Crippen molar-refractivity contribution in [1.29, 1.82) is 0 Å². The lowest BCUT2D eigenvalue weighted by molar-refractivity contribution is -0.401. The summed E-state index contributed by atoms with van der Waals surface area (Å²) in [5, 5.41) is 0.536. The van der Waals surface area contributed by atoms with Gasteiger partial charge in [-0.2, -0.15) is 21.4 Å². The van der Waals surface area contributed by atoms with Gasteiger partial charge in [-0.05, 0) is 75.6 Å². The normalized spacial score (nSPS) is 21.1. The molecule has 0 aliphatic carbocycles. The SMILES string of the molecule is CN1\C(=C/C=C/C=C/C2=[N+](C)c3ccc(S(=O)(=O)O)cc3C2(C)C)C(C)(CCCCCC(=O)ON2C(=O)CCC2=O)c2cc(S(=O)(=O)O)ccc21. The second kappa shape index (κ2) is 13.9. The van der Waals surface area contributed by atoms with Gasteiger partial charge in [0.25, 0.3) is 32.1 Å². The fourth-order valence-electron chi connectivity index (χ4n) is 7.17. The van der Waals surface area contributed by atoms with Gasteiger partial charge < -0.3 is 9.74 Å². The van der Waals surface area contributed by atoms with Crippen LogP contribution < -0.4 is 4.90 Å². The van der Waals surface area contributed by atoms with Crippen molar-refractivity contribution in [3.63, 3.8) is 0 Å². The van der Waals surface area contributed by atoms with Crippen LogP contribution in [0.3, 0.4) is 0 Å². The van der Waals surface area contributed by atoms with E-state index in [9.17, 15) is 40.3 Å². The summed E-state index contributed by atoms with van der Waals surface area (Å²) in [6.45, 7) is 5.95. The number of likely N-dealkylation sites (N-methyl/N-ethyl adjacent to an activating group) is 1. The lowest BCUT2D eigenvalue weighted by atomic mass is 9.77. The fraction of sp³-hybridized carbons (Fsp3) is 0.389. The first-order valence-corrected chi connectivity index (χ1v) is 19.4. The van der Waals surface area contributed by atoms with Crippen molar-refractivity contribution < 1.29 is 49.7 Å². The van der Waals surface area contributed by atoms with Crippen LogP contribution in [0.4, 0.5) is 11.4 Å². The average Bonchev–Trinajstić information content (AvgIpc) is 3.55. The third kappa shape index (κ3) is 7.47. The number of amides is 2. The Hall–Kier alpha value is -4.44. The molecule has 0 bridgehead atoms. The molecule has 2 amide bonds. The van der Waals surface area contributed by atoms with Crippen molar-refractivity contribution in [2.75, 3.05) is 19.0 Å². The highest BCUT2D eigenvalue weighted by Gasteiger charge is 2.44. The van der Waals surface area contributed by atoms with Crippen LogP contribution in [0, 0.1) is 0 Å². The maximum absolute atomic E-state index is 12.3. The highest BCUT2D eigenvalue weighted by atomic mass is 32.2. The second-order valence-corrected chi connectivity index (χ2v) is 16.5. The smallest absolute Gasteiger partial charge is 0.333 e. The van der Waals surface area contributed by atoms with E-state index in [1.165, 1.54) is 24.3 Å². The van der Waals surface area contributed by atoms with E-state index in [-0.39, 0.29) is 29.1 Å². The Morgan fingerprint density at radius 2 is 1.49 bits per heavy atom. The molecule has 1 saturated heterocycles. The molecule has 15 heteroatoms. The van der Waals surface area contributed by atoms with Crippen molar-refractivity contribution in [3.05, 3.63) is 83.6 Å². The minimum Gasteiger partial charge on any atom is -0.347 e. The molecule has 2 aromatic rings. The van der Waals surface area contributed by atoms with Gasteiger partial charge in [-0.15, -0.1) is 5.06 Å². The number of carbonyl (C=O) groups is 3. The summed E-state index contributed by atoms with van der Waals surface area (Å²) in [4.78, 5) is 42.3. The molecule has 1 atom stereocenters. The molecule has 3 heterocycles. The molecule has 0 radical (unpaired) electrons. The third-order valence-electron chi connectivity index (χ3n) is 9.94. The Bertz CT molecular complexity index is 2130. The Morgan fingerprint density at radius 3 is 2.12 bits per heavy atom. The first kappa shape index (κ1) is 37.8. The number of hydroxylamine groups is 2. The monoisotopic (exact) mass is 740 g/mol. The molecular weight excluding hydrogens is 699 g/mol. The zero-order valence-electron chi connectivity index (χ0n) is 29.1. The number of fused-ring (bicyclic) bond motifs is 2. The number of carbonyl (C=O) groups excluding carboxylic acids is 3. The predicted molar refractivity (Wildman–Crippen MR) is 189 cm³/mol. The number of imide groups is 1. The first-order chi connectivity index (χ1) is 23.8. The molecule has 2 aromatic carbocycles. The van der Waals surface area contributed by atoms with E-state index < -0.39 is 48.8 Å². The molecule has 0 saturated carbocycles. The Labute approximate surface area is 298 Å². The maximum Gasteiger partial charge on any atom is 0.333 e. The minimum absolute atomic E-state index is 0.0206. The topological polar surface area (TPSA) is 179 Å². The summed E-state index contributed by atoms with van der Waals surface area (Å²) < 4.78 is 69.0. The molecule has 13 nitrogen and oxygen atoms in total. The number of rotatable bonds is 12. The van der Waals surface area contributed by atoms with Crippen molar-refractivity contribution in [2.45, 2.75) is 86.3 Å². The van der Waals surface area contributed by atoms with Crippen LogP contribution in [0.1, 0.15) is 76.8 Å². The van der Waals surface area contributed by atoms with Gasteiger partial charge >= 0.3 is 5.97 Å². The standard InChI is InChI=1S/C36H41N3O10S2/c1-35(2)26-22-24(50(43,44)45)15-17-28(26)37(4)30(35)12-8-6-9-13-31-36(3,27-23-25(51(46,47)48)16-18-29(27)38(31)5)21-11-7-10-14-34(42)49-39-32(40)19-20-33(39)41/h6,8-9,12-13,15-18,22-23H,7,10-11,14,19-21H2,1-5H3,(H-,43,44,45,46,47,48)/p+1. The van der Waals surface area contributed by atoms with E-state index in [0.717, 1.165) is 33.9 Å². The molecule has 5 rings (SSSR count). The van der Waals surface area contributed by atoms with Crippen molar-refractivity contribution in [2.24, 2.45) is 0 Å². The van der Waals surface area contributed by atoms with Gasteiger partial charge in [0.15, 0.2) is 5.71 Å². The molecule has 0 spiro atoms. The summed E-state index contributed by atoms with van der Waals surface area (Å²) in [5.74, 6) is -1.73. The van der Waals surface area contributed by atoms with Crippen molar-refractivity contribution in [3.8, 4) is 0 Å². The van der Waals surface area contributed by atoms with E-state index in [2.05, 4.69) is 0 Å². The van der Waals surface area contributed by atoms with Gasteiger partial charge in [-0.25, -0.2) is 4.79 Å². The van der Waals surface area contributed by atoms with Crippen LogP contribution in [-0.2, 0) is 50.3 Å². The van der Waals surface area contributed by atoms with Gasteiger partial charge in [0.1, 0.15) is 7.05 Å². The zero-order chi connectivity index (χ0) is 37.5. The summed E-state index contributed by atoms with van der Waals surface area (Å²) in [6, 6.07) is 9.07. The molecule has 1 fully saturated rings. The predicted octanol–water partition coefficient (Wildman–Crippen LogP) is 5.15. The Morgan fingerprint density at radius 1 is 0.882 bits per heavy atom. The van der Waals surface area contributed by atoms with Crippen LogP contribution >= 0.6 is 0 Å². The molecule has 1 unspecified atom stereocenters. The number of benzene rings is 2. The van der Waals surface area contributed by atoms with Crippen LogP contribution in [0.2, 0.25) is 0 Å². The molecule has 3 aliphatic rings.